The molecule has 2 aromatic carbocycles. The molecule has 2 atom stereocenters. The fourth-order valence-corrected chi connectivity index (χ4v) is 5.87. The van der Waals surface area contributed by atoms with Crippen molar-refractivity contribution in [2.75, 3.05) is 16.2 Å². The molecule has 2 unspecified atom stereocenters. The molecule has 0 bridgehead atoms. The molecular weight excluding hydrogens is 456 g/mol. The first-order valence-corrected chi connectivity index (χ1v) is 11.6. The topological polar surface area (TPSA) is 90.5 Å². The largest absolute Gasteiger partial charge is 0.325 e. The minimum Gasteiger partial charge on any atom is -0.325 e. The maximum Gasteiger partial charge on any atom is 0.245 e. The van der Waals surface area contributed by atoms with Crippen molar-refractivity contribution in [1.29, 1.82) is 0 Å². The third-order valence-electron chi connectivity index (χ3n) is 4.91. The van der Waals surface area contributed by atoms with Gasteiger partial charge in [-0.1, -0.05) is 33.6 Å². The molecule has 7 nitrogen and oxygen atoms in total. The molecule has 0 aliphatic carbocycles. The van der Waals surface area contributed by atoms with Gasteiger partial charge in [0.05, 0.1) is 5.69 Å². The van der Waals surface area contributed by atoms with Crippen LogP contribution in [0.25, 0.3) is 0 Å². The lowest BCUT2D eigenvalue weighted by Crippen LogP contribution is -2.49. The van der Waals surface area contributed by atoms with Gasteiger partial charge in [0.1, 0.15) is 11.8 Å². The lowest BCUT2D eigenvalue weighted by Gasteiger charge is -2.30. The number of anilines is 2. The smallest absolute Gasteiger partial charge is 0.245 e. The second kappa shape index (κ2) is 8.83. The van der Waals surface area contributed by atoms with Gasteiger partial charge in [-0.05, 0) is 57.2 Å². The van der Waals surface area contributed by atoms with Crippen LogP contribution < -0.4 is 20.5 Å². The Morgan fingerprint density at radius 2 is 1.59 bits per heavy atom. The molecule has 1 aliphatic heterocycles. The Hall–Kier alpha value is -1.94. The second-order valence-corrected chi connectivity index (χ2v) is 10.2. The van der Waals surface area contributed by atoms with Crippen LogP contribution in [-0.4, -0.2) is 38.2 Å². The van der Waals surface area contributed by atoms with E-state index in [1.54, 1.807) is 24.3 Å². The zero-order chi connectivity index (χ0) is 21.2. The van der Waals surface area contributed by atoms with Gasteiger partial charge in [-0.3, -0.25) is 20.0 Å². The zero-order valence-electron chi connectivity index (χ0n) is 16.5. The van der Waals surface area contributed by atoms with Crippen LogP contribution >= 0.6 is 15.9 Å². The quantitative estimate of drug-likeness (QED) is 0.591. The average Bonchev–Trinajstić information content (AvgIpc) is 3.01. The number of carbonyl (C=O) groups is 1. The molecule has 0 saturated carbocycles. The molecule has 1 heterocycles. The molecule has 0 spiro atoms. The van der Waals surface area contributed by atoms with Crippen molar-refractivity contribution in [1.82, 2.24) is 10.9 Å². The molecule has 1 amide bonds. The number of rotatable bonds is 6. The number of nitrogens with zero attached hydrogens (tertiary/aromatic N) is 1. The number of amides is 1. The molecule has 1 saturated heterocycles. The molecule has 3 N–H and O–H groups in total. The Bertz CT molecular complexity index is 954. The van der Waals surface area contributed by atoms with Crippen LogP contribution in [0.4, 0.5) is 11.4 Å². The van der Waals surface area contributed by atoms with E-state index < -0.39 is 21.2 Å². The predicted molar refractivity (Wildman–Crippen MR) is 119 cm³/mol. The second-order valence-electron chi connectivity index (χ2n) is 7.27. The van der Waals surface area contributed by atoms with Crippen LogP contribution in [0.2, 0.25) is 0 Å². The molecule has 0 radical (unpaired) electrons. The summed E-state index contributed by atoms with van der Waals surface area (Å²) in [4.78, 5) is 12.7. The number of halogens is 1. The lowest BCUT2D eigenvalue weighted by atomic mass is 10.2. The van der Waals surface area contributed by atoms with Crippen molar-refractivity contribution in [3.05, 3.63) is 58.6 Å². The third-order valence-corrected chi connectivity index (χ3v) is 7.90. The predicted octanol–water partition coefficient (Wildman–Crippen LogP) is 2.79. The Morgan fingerprint density at radius 3 is 2.14 bits per heavy atom. The van der Waals surface area contributed by atoms with Crippen molar-refractivity contribution in [2.24, 2.45) is 0 Å². The van der Waals surface area contributed by atoms with Crippen LogP contribution in [-0.2, 0) is 14.8 Å². The van der Waals surface area contributed by atoms with E-state index in [2.05, 4.69) is 32.1 Å². The van der Waals surface area contributed by atoms with E-state index in [9.17, 15) is 13.2 Å². The van der Waals surface area contributed by atoms with Gasteiger partial charge >= 0.3 is 0 Å². The average molecular weight is 481 g/mol. The molecule has 3 rings (SSSR count). The number of hydrogen-bond donors (Lipinski definition) is 3. The summed E-state index contributed by atoms with van der Waals surface area (Å²) in [5.74, 6) is -0.407. The molecule has 156 valence electrons. The summed E-state index contributed by atoms with van der Waals surface area (Å²) in [6, 6.07) is 13.7. The van der Waals surface area contributed by atoms with Crippen LogP contribution in [0.3, 0.4) is 0 Å². The summed E-state index contributed by atoms with van der Waals surface area (Å²) in [5, 5.41) is 2.06. The summed E-state index contributed by atoms with van der Waals surface area (Å²) >= 11 is 3.35. The zero-order valence-corrected chi connectivity index (χ0v) is 18.9. The van der Waals surface area contributed by atoms with Gasteiger partial charge in [0, 0.05) is 22.2 Å². The van der Waals surface area contributed by atoms with Gasteiger partial charge in [0.25, 0.3) is 0 Å². The Balaban J connectivity index is 1.89. The van der Waals surface area contributed by atoms with E-state index in [0.29, 0.717) is 11.4 Å². The minimum absolute atomic E-state index is 0.294. The Morgan fingerprint density at radius 1 is 1.03 bits per heavy atom. The van der Waals surface area contributed by atoms with E-state index >= 15 is 0 Å². The standard InChI is InChI=1S/C20H25BrN4O3S/c1-13-4-10-18(11-5-13)25(29(27,28)20-14(2)23-24-15(20)3)12-19(26)22-17-8-6-16(21)7-9-17/h4-11,14-15,20,23-24H,12H2,1-3H3,(H,22,26). The number of hydrazine groups is 1. The molecule has 9 heteroatoms. The maximum atomic E-state index is 13.5. The van der Waals surface area contributed by atoms with Gasteiger partial charge in [-0.15, -0.1) is 0 Å². The highest BCUT2D eigenvalue weighted by Gasteiger charge is 2.44. The molecule has 1 aliphatic rings. The van der Waals surface area contributed by atoms with Gasteiger partial charge in [-0.2, -0.15) is 0 Å². The van der Waals surface area contributed by atoms with E-state index in [-0.39, 0.29) is 18.6 Å². The Kier molecular flexibility index (Phi) is 6.62. The van der Waals surface area contributed by atoms with Crippen LogP contribution in [0, 0.1) is 6.92 Å². The number of aryl methyl sites for hydroxylation is 1. The monoisotopic (exact) mass is 480 g/mol. The number of sulfonamides is 1. The highest BCUT2D eigenvalue weighted by atomic mass is 79.9. The van der Waals surface area contributed by atoms with Gasteiger partial charge in [-0.25, -0.2) is 8.42 Å². The minimum atomic E-state index is -3.82. The van der Waals surface area contributed by atoms with E-state index in [1.807, 2.05) is 45.0 Å². The summed E-state index contributed by atoms with van der Waals surface area (Å²) in [6.07, 6.45) is 0. The van der Waals surface area contributed by atoms with Crippen molar-refractivity contribution in [3.8, 4) is 0 Å². The van der Waals surface area contributed by atoms with E-state index in [4.69, 9.17) is 0 Å². The van der Waals surface area contributed by atoms with Crippen molar-refractivity contribution < 1.29 is 13.2 Å². The van der Waals surface area contributed by atoms with Crippen LogP contribution in [0.1, 0.15) is 19.4 Å². The van der Waals surface area contributed by atoms with Gasteiger partial charge in [0.2, 0.25) is 15.9 Å². The van der Waals surface area contributed by atoms with E-state index in [1.165, 1.54) is 4.31 Å². The Labute approximate surface area is 180 Å². The molecule has 29 heavy (non-hydrogen) atoms. The van der Waals surface area contributed by atoms with Crippen molar-refractivity contribution in [2.45, 2.75) is 38.1 Å². The fraction of sp³-hybridized carbons (Fsp3) is 0.350. The fourth-order valence-electron chi connectivity index (χ4n) is 3.43. The highest BCUT2D eigenvalue weighted by molar-refractivity contribution is 9.10. The third kappa shape index (κ3) is 4.98. The normalized spacial score (nSPS) is 21.7. The number of carbonyl (C=O) groups excluding carboxylic acids is 1. The number of benzene rings is 2. The van der Waals surface area contributed by atoms with Crippen LogP contribution in [0.5, 0.6) is 0 Å². The number of hydrogen-bond acceptors (Lipinski definition) is 5. The summed E-state index contributed by atoms with van der Waals surface area (Å²) in [5.41, 5.74) is 8.04. The molecule has 0 aromatic heterocycles. The van der Waals surface area contributed by atoms with E-state index in [0.717, 1.165) is 10.0 Å². The van der Waals surface area contributed by atoms with Crippen molar-refractivity contribution >= 4 is 43.2 Å². The lowest BCUT2D eigenvalue weighted by molar-refractivity contribution is -0.114. The first-order valence-electron chi connectivity index (χ1n) is 9.33. The SMILES string of the molecule is Cc1ccc(N(CC(=O)Nc2ccc(Br)cc2)S(=O)(=O)C2C(C)NNC2C)cc1. The summed E-state index contributed by atoms with van der Waals surface area (Å²) in [7, 11) is -3.82. The first-order chi connectivity index (χ1) is 13.7. The summed E-state index contributed by atoms with van der Waals surface area (Å²) in [6.45, 7) is 5.25. The van der Waals surface area contributed by atoms with Gasteiger partial charge < -0.3 is 5.32 Å². The molecule has 2 aromatic rings. The molecular formula is C20H25BrN4O3S. The highest BCUT2D eigenvalue weighted by Crippen LogP contribution is 2.26. The van der Waals surface area contributed by atoms with Crippen molar-refractivity contribution in [3.63, 3.8) is 0 Å². The first kappa shape index (κ1) is 21.8. The maximum absolute atomic E-state index is 13.5. The van der Waals surface area contributed by atoms with Gasteiger partial charge in [0.15, 0.2) is 0 Å². The number of nitrogens with one attached hydrogen (secondary N) is 3. The molecule has 1 fully saturated rings. The van der Waals surface area contributed by atoms with Crippen LogP contribution in [0.15, 0.2) is 53.0 Å². The summed E-state index contributed by atoms with van der Waals surface area (Å²) < 4.78 is 29.2.